The van der Waals surface area contributed by atoms with Gasteiger partial charge in [-0.3, -0.25) is 9.59 Å². The van der Waals surface area contributed by atoms with Crippen molar-refractivity contribution < 1.29 is 14.3 Å². The van der Waals surface area contributed by atoms with Crippen LogP contribution in [0.1, 0.15) is 85.6 Å². The Morgan fingerprint density at radius 3 is 1.77 bits per heavy atom. The molecule has 6 heteroatoms. The maximum absolute atomic E-state index is 13.7. The fourth-order valence-electron chi connectivity index (χ4n) is 5.90. The van der Waals surface area contributed by atoms with Crippen LogP contribution in [0.4, 0.5) is 0 Å². The Hall–Kier alpha value is -1.40. The number of benzene rings is 1. The van der Waals surface area contributed by atoms with Gasteiger partial charge in [0.05, 0.1) is 15.6 Å². The zero-order chi connectivity index (χ0) is 25.9. The van der Waals surface area contributed by atoms with Gasteiger partial charge in [-0.25, -0.2) is 0 Å². The molecule has 35 heavy (non-hydrogen) atoms. The van der Waals surface area contributed by atoms with Crippen LogP contribution in [0.5, 0.6) is 5.75 Å². The van der Waals surface area contributed by atoms with Crippen LogP contribution in [0, 0.1) is 16.7 Å². The van der Waals surface area contributed by atoms with E-state index in [0.29, 0.717) is 25.4 Å². The van der Waals surface area contributed by atoms with Crippen LogP contribution in [0.15, 0.2) is 43.6 Å². The monoisotopic (exact) mass is 605 g/mol. The first-order valence-corrected chi connectivity index (χ1v) is 14.2. The molecule has 0 spiro atoms. The number of ketones is 2. The Balaban J connectivity index is 1.93. The van der Waals surface area contributed by atoms with Crippen molar-refractivity contribution in [3.05, 3.63) is 49.2 Å². The normalized spacial score (nSPS) is 22.1. The number of carbonyl (C=O) groups excluding carboxylic acids is 2. The zero-order valence-corrected chi connectivity index (χ0v) is 25.2. The molecule has 0 amide bonds. The molecule has 0 radical (unpaired) electrons. The van der Waals surface area contributed by atoms with Gasteiger partial charge in [-0.1, -0.05) is 41.5 Å². The summed E-state index contributed by atoms with van der Waals surface area (Å²) in [4.78, 5) is 29.8. The Kier molecular flexibility index (Phi) is 7.22. The van der Waals surface area contributed by atoms with Crippen molar-refractivity contribution in [1.82, 2.24) is 4.90 Å². The summed E-state index contributed by atoms with van der Waals surface area (Å²) in [6, 6.07) is 4.09. The highest BCUT2D eigenvalue weighted by Gasteiger charge is 2.48. The van der Waals surface area contributed by atoms with Crippen LogP contribution < -0.4 is 4.74 Å². The molecule has 0 aromatic heterocycles. The van der Waals surface area contributed by atoms with Gasteiger partial charge < -0.3 is 9.64 Å². The minimum absolute atomic E-state index is 0.101. The molecule has 0 atom stereocenters. The number of rotatable bonds is 5. The van der Waals surface area contributed by atoms with Gasteiger partial charge in [-0.15, -0.1) is 0 Å². The summed E-state index contributed by atoms with van der Waals surface area (Å²) < 4.78 is 7.72. The number of Topliss-reactive ketones (excluding diaryl/α,β-unsaturated/α-hetero) is 2. The number of hydrogen-bond donors (Lipinski definition) is 0. The molecule has 190 valence electrons. The lowest BCUT2D eigenvalue weighted by molar-refractivity contribution is -0.119. The lowest BCUT2D eigenvalue weighted by Crippen LogP contribution is -2.44. The first-order valence-electron chi connectivity index (χ1n) is 12.7. The fourth-order valence-corrected chi connectivity index (χ4v) is 7.35. The maximum Gasteiger partial charge on any atom is 0.162 e. The first kappa shape index (κ1) is 26.7. The second-order valence-corrected chi connectivity index (χ2v) is 14.0. The number of nitrogens with zero attached hydrogens (tertiary/aromatic N) is 1. The van der Waals surface area contributed by atoms with E-state index < -0.39 is 0 Å². The highest BCUT2D eigenvalue weighted by molar-refractivity contribution is 9.11. The van der Waals surface area contributed by atoms with Crippen molar-refractivity contribution in [2.45, 2.75) is 80.1 Å². The molecule has 1 aliphatic heterocycles. The summed E-state index contributed by atoms with van der Waals surface area (Å²) in [7, 11) is 0. The molecular formula is C29H37Br2NO3. The van der Waals surface area contributed by atoms with E-state index in [1.165, 1.54) is 0 Å². The fraction of sp³-hybridized carbons (Fsp3) is 0.586. The van der Waals surface area contributed by atoms with Gasteiger partial charge in [0.15, 0.2) is 11.6 Å². The van der Waals surface area contributed by atoms with Gasteiger partial charge in [0.1, 0.15) is 5.75 Å². The van der Waals surface area contributed by atoms with E-state index in [9.17, 15) is 9.59 Å². The highest BCUT2D eigenvalue weighted by atomic mass is 79.9. The molecule has 4 nitrogen and oxygen atoms in total. The Labute approximate surface area is 226 Å². The maximum atomic E-state index is 13.7. The number of halogens is 2. The van der Waals surface area contributed by atoms with Crippen molar-refractivity contribution in [1.29, 1.82) is 0 Å². The Morgan fingerprint density at radius 1 is 0.914 bits per heavy atom. The summed E-state index contributed by atoms with van der Waals surface area (Å²) in [5.74, 6) is 1.14. The molecule has 0 saturated carbocycles. The molecule has 1 aromatic carbocycles. The van der Waals surface area contributed by atoms with E-state index in [4.69, 9.17) is 4.74 Å². The second kappa shape index (κ2) is 9.48. The van der Waals surface area contributed by atoms with Crippen molar-refractivity contribution in [3.63, 3.8) is 0 Å². The van der Waals surface area contributed by atoms with E-state index >= 15 is 0 Å². The minimum atomic E-state index is -0.346. The van der Waals surface area contributed by atoms with E-state index in [1.807, 2.05) is 12.1 Å². The van der Waals surface area contributed by atoms with Gasteiger partial charge in [0.2, 0.25) is 0 Å². The number of allylic oxidation sites excluding steroid dienone is 4. The van der Waals surface area contributed by atoms with Gasteiger partial charge >= 0.3 is 0 Å². The molecule has 3 aliphatic rings. The number of hydrogen-bond acceptors (Lipinski definition) is 4. The molecule has 4 rings (SSSR count). The lowest BCUT2D eigenvalue weighted by Gasteiger charge is -2.49. The third-order valence-corrected chi connectivity index (χ3v) is 8.43. The smallest absolute Gasteiger partial charge is 0.162 e. The largest absolute Gasteiger partial charge is 0.491 e. The number of ether oxygens (including phenoxy) is 1. The zero-order valence-electron chi connectivity index (χ0n) is 22.0. The molecule has 0 unspecified atom stereocenters. The van der Waals surface area contributed by atoms with E-state index in [-0.39, 0.29) is 28.3 Å². The molecule has 0 saturated heterocycles. The van der Waals surface area contributed by atoms with Crippen LogP contribution >= 0.6 is 31.9 Å². The SMILES string of the molecule is CCN1C2=C(C(=O)CC(C)(C)C2)C(c2cc(Br)c(OCC(C)C)c(Br)c2)C2=C1CC(C)(C)CC2=O. The van der Waals surface area contributed by atoms with Crippen LogP contribution in [0.2, 0.25) is 0 Å². The van der Waals surface area contributed by atoms with Gasteiger partial charge in [0.25, 0.3) is 0 Å². The Bertz CT molecular complexity index is 1070. The van der Waals surface area contributed by atoms with Crippen LogP contribution in [0.25, 0.3) is 0 Å². The number of carbonyl (C=O) groups is 2. The van der Waals surface area contributed by atoms with E-state index in [1.54, 1.807) is 0 Å². The molecule has 0 bridgehead atoms. The molecule has 1 aromatic rings. The average molecular weight is 607 g/mol. The highest BCUT2D eigenvalue weighted by Crippen LogP contribution is 2.55. The third kappa shape index (κ3) is 5.07. The van der Waals surface area contributed by atoms with E-state index in [2.05, 4.69) is 85.2 Å². The van der Waals surface area contributed by atoms with Crippen molar-refractivity contribution in [3.8, 4) is 5.75 Å². The molecule has 2 aliphatic carbocycles. The standard InChI is InChI=1S/C29H37Br2NO3/c1-8-32-20-11-28(4,5)13-22(33)25(20)24(26-21(32)12-29(6,7)14-23(26)34)17-9-18(30)27(19(31)10-17)35-15-16(2)3/h9-10,16,24H,8,11-15H2,1-7H3. The van der Waals surface area contributed by atoms with Crippen molar-refractivity contribution in [2.24, 2.45) is 16.7 Å². The van der Waals surface area contributed by atoms with Gasteiger partial charge in [0, 0.05) is 47.8 Å². The van der Waals surface area contributed by atoms with Crippen molar-refractivity contribution in [2.75, 3.05) is 13.2 Å². The molecule has 0 fully saturated rings. The van der Waals surface area contributed by atoms with Crippen LogP contribution in [-0.4, -0.2) is 29.6 Å². The quantitative estimate of drug-likeness (QED) is 0.341. The lowest BCUT2D eigenvalue weighted by atomic mass is 9.63. The van der Waals surface area contributed by atoms with Crippen LogP contribution in [-0.2, 0) is 9.59 Å². The first-order chi connectivity index (χ1) is 16.2. The predicted octanol–water partition coefficient (Wildman–Crippen LogP) is 7.95. The summed E-state index contributed by atoms with van der Waals surface area (Å²) >= 11 is 7.43. The van der Waals surface area contributed by atoms with Gasteiger partial charge in [-0.05, 0) is 86.1 Å². The predicted molar refractivity (Wildman–Crippen MR) is 147 cm³/mol. The topological polar surface area (TPSA) is 46.6 Å². The second-order valence-electron chi connectivity index (χ2n) is 12.3. The minimum Gasteiger partial charge on any atom is -0.491 e. The van der Waals surface area contributed by atoms with Crippen LogP contribution in [0.3, 0.4) is 0 Å². The summed E-state index contributed by atoms with van der Waals surface area (Å²) in [5, 5.41) is 0. The molecular weight excluding hydrogens is 570 g/mol. The van der Waals surface area contributed by atoms with Crippen molar-refractivity contribution >= 4 is 43.4 Å². The average Bonchev–Trinajstić information content (AvgIpc) is 2.69. The molecule has 0 N–H and O–H groups in total. The Morgan fingerprint density at radius 2 is 1.37 bits per heavy atom. The summed E-state index contributed by atoms with van der Waals surface area (Å²) in [5.41, 5.74) is 4.59. The summed E-state index contributed by atoms with van der Waals surface area (Å²) in [6.07, 6.45) is 2.67. The molecule has 1 heterocycles. The van der Waals surface area contributed by atoms with E-state index in [0.717, 1.165) is 62.2 Å². The summed E-state index contributed by atoms with van der Waals surface area (Å²) in [6.45, 7) is 16.4. The third-order valence-electron chi connectivity index (χ3n) is 7.25. The van der Waals surface area contributed by atoms with Gasteiger partial charge in [-0.2, -0.15) is 0 Å².